The molecule has 1 heterocycles. The second-order valence-electron chi connectivity index (χ2n) is 3.19. The van der Waals surface area contributed by atoms with Crippen LogP contribution in [0.4, 0.5) is 5.69 Å². The number of aliphatic carboxylic acids is 1. The van der Waals surface area contributed by atoms with Gasteiger partial charge in [-0.25, -0.2) is 4.98 Å². The van der Waals surface area contributed by atoms with E-state index in [2.05, 4.69) is 10.3 Å². The van der Waals surface area contributed by atoms with Crippen LogP contribution >= 0.6 is 11.6 Å². The topological polar surface area (TPSA) is 122 Å². The summed E-state index contributed by atoms with van der Waals surface area (Å²) in [5, 5.41) is 21.0. The number of nitrogens with zero attached hydrogens (tertiary/aromatic N) is 2. The highest BCUT2D eigenvalue weighted by molar-refractivity contribution is 6.32. The monoisotopic (exact) mass is 273 g/mol. The molecule has 1 aromatic rings. The van der Waals surface area contributed by atoms with Gasteiger partial charge in [0.2, 0.25) is 0 Å². The first-order chi connectivity index (χ1) is 8.41. The van der Waals surface area contributed by atoms with Crippen molar-refractivity contribution in [3.8, 4) is 0 Å². The zero-order chi connectivity index (χ0) is 13.7. The summed E-state index contributed by atoms with van der Waals surface area (Å²) in [5.41, 5.74) is -0.543. The van der Waals surface area contributed by atoms with E-state index in [4.69, 9.17) is 16.7 Å². The molecule has 0 aliphatic rings. The molecular weight excluding hydrogens is 266 g/mol. The summed E-state index contributed by atoms with van der Waals surface area (Å²) in [6.07, 6.45) is 0.669. The minimum Gasteiger partial charge on any atom is -0.481 e. The smallest absolute Gasteiger partial charge is 0.305 e. The molecule has 0 aliphatic heterocycles. The van der Waals surface area contributed by atoms with Crippen molar-refractivity contribution in [2.75, 3.05) is 6.54 Å². The molecule has 8 nitrogen and oxygen atoms in total. The molecule has 0 radical (unpaired) electrons. The van der Waals surface area contributed by atoms with Crippen molar-refractivity contribution in [3.05, 3.63) is 33.1 Å². The first-order valence-corrected chi connectivity index (χ1v) is 5.09. The molecule has 0 fully saturated rings. The fourth-order valence-corrected chi connectivity index (χ4v) is 1.26. The van der Waals surface area contributed by atoms with Gasteiger partial charge in [0.05, 0.1) is 16.9 Å². The van der Waals surface area contributed by atoms with Gasteiger partial charge >= 0.3 is 5.97 Å². The highest BCUT2D eigenvalue weighted by atomic mass is 35.5. The maximum atomic E-state index is 11.6. The van der Waals surface area contributed by atoms with E-state index >= 15 is 0 Å². The van der Waals surface area contributed by atoms with Crippen LogP contribution in [0.1, 0.15) is 16.8 Å². The number of nitro groups is 1. The Balaban J connectivity index is 2.81. The number of carboxylic acids is 1. The Morgan fingerprint density at radius 1 is 1.56 bits per heavy atom. The van der Waals surface area contributed by atoms with Gasteiger partial charge in [-0.1, -0.05) is 11.6 Å². The molecule has 2 N–H and O–H groups in total. The quantitative estimate of drug-likeness (QED) is 0.466. The normalized spacial score (nSPS) is 9.83. The predicted octanol–water partition coefficient (Wildman–Crippen LogP) is 0.848. The third-order valence-electron chi connectivity index (χ3n) is 1.90. The van der Waals surface area contributed by atoms with Gasteiger partial charge in [0.1, 0.15) is 11.3 Å². The van der Waals surface area contributed by atoms with E-state index in [0.717, 1.165) is 12.3 Å². The predicted molar refractivity (Wildman–Crippen MR) is 60.5 cm³/mol. The van der Waals surface area contributed by atoms with Crippen LogP contribution < -0.4 is 5.32 Å². The number of nitrogens with one attached hydrogen (secondary N) is 1. The molecule has 9 heteroatoms. The van der Waals surface area contributed by atoms with Gasteiger partial charge < -0.3 is 10.4 Å². The largest absolute Gasteiger partial charge is 0.481 e. The second kappa shape index (κ2) is 5.92. The number of rotatable bonds is 5. The Morgan fingerprint density at radius 3 is 2.78 bits per heavy atom. The number of aromatic nitrogens is 1. The molecule has 96 valence electrons. The third-order valence-corrected chi connectivity index (χ3v) is 2.21. The van der Waals surface area contributed by atoms with E-state index < -0.39 is 16.8 Å². The van der Waals surface area contributed by atoms with Crippen LogP contribution in [0, 0.1) is 10.1 Å². The molecule has 1 rings (SSSR count). The molecule has 0 atom stereocenters. The highest BCUT2D eigenvalue weighted by Gasteiger charge is 2.16. The number of hydrogen-bond donors (Lipinski definition) is 2. The van der Waals surface area contributed by atoms with Crippen molar-refractivity contribution >= 4 is 29.2 Å². The van der Waals surface area contributed by atoms with E-state index in [9.17, 15) is 19.7 Å². The number of carbonyl (C=O) groups excluding carboxylic acids is 1. The van der Waals surface area contributed by atoms with Crippen LogP contribution in [0.5, 0.6) is 0 Å². The molecule has 0 aromatic carbocycles. The standard InChI is InChI=1S/C9H8ClN3O5/c10-8-6(3-5(4-12-8)13(17)18)9(16)11-2-1-7(14)15/h3-4H,1-2H2,(H,11,16)(H,14,15). The van der Waals surface area contributed by atoms with Gasteiger partial charge in [-0.2, -0.15) is 0 Å². The molecule has 0 bridgehead atoms. The summed E-state index contributed by atoms with van der Waals surface area (Å²) in [7, 11) is 0. The number of pyridine rings is 1. The minimum atomic E-state index is -1.07. The molecule has 1 amide bonds. The maximum absolute atomic E-state index is 11.6. The van der Waals surface area contributed by atoms with Crippen LogP contribution in [0.25, 0.3) is 0 Å². The van der Waals surface area contributed by atoms with E-state index in [1.165, 1.54) is 0 Å². The molecular formula is C9H8ClN3O5. The first-order valence-electron chi connectivity index (χ1n) is 4.71. The zero-order valence-corrected chi connectivity index (χ0v) is 9.68. The van der Waals surface area contributed by atoms with Crippen molar-refractivity contribution in [2.24, 2.45) is 0 Å². The van der Waals surface area contributed by atoms with E-state index in [0.29, 0.717) is 0 Å². The lowest BCUT2D eigenvalue weighted by atomic mass is 10.2. The van der Waals surface area contributed by atoms with E-state index in [1.807, 2.05) is 0 Å². The lowest BCUT2D eigenvalue weighted by Crippen LogP contribution is -2.26. The van der Waals surface area contributed by atoms with Gasteiger partial charge in [0, 0.05) is 12.6 Å². The average Bonchev–Trinajstić information content (AvgIpc) is 2.28. The van der Waals surface area contributed by atoms with Crippen LogP contribution in [-0.4, -0.2) is 33.4 Å². The van der Waals surface area contributed by atoms with Crippen molar-refractivity contribution in [1.29, 1.82) is 0 Å². The van der Waals surface area contributed by atoms with Crippen LogP contribution in [0.2, 0.25) is 5.15 Å². The molecule has 18 heavy (non-hydrogen) atoms. The number of carbonyl (C=O) groups is 2. The Hall–Kier alpha value is -2.22. The van der Waals surface area contributed by atoms with E-state index in [1.54, 1.807) is 0 Å². The second-order valence-corrected chi connectivity index (χ2v) is 3.55. The Labute approximate surface area is 106 Å². The average molecular weight is 274 g/mol. The summed E-state index contributed by atoms with van der Waals surface area (Å²) in [4.78, 5) is 35.1. The number of carboxylic acid groups (broad SMARTS) is 1. The molecule has 0 unspecified atom stereocenters. The summed E-state index contributed by atoms with van der Waals surface area (Å²) in [6.45, 7) is -0.104. The molecule has 0 saturated carbocycles. The highest BCUT2D eigenvalue weighted by Crippen LogP contribution is 2.18. The lowest BCUT2D eigenvalue weighted by molar-refractivity contribution is -0.385. The number of amides is 1. The van der Waals surface area contributed by atoms with Crippen molar-refractivity contribution in [1.82, 2.24) is 10.3 Å². The first kappa shape index (κ1) is 13.8. The SMILES string of the molecule is O=C(O)CCNC(=O)c1cc([N+](=O)[O-])cnc1Cl. The molecule has 1 aromatic heterocycles. The van der Waals surface area contributed by atoms with Crippen LogP contribution in [-0.2, 0) is 4.79 Å². The summed E-state index contributed by atoms with van der Waals surface area (Å²) >= 11 is 5.63. The van der Waals surface area contributed by atoms with Crippen molar-refractivity contribution < 1.29 is 19.6 Å². The van der Waals surface area contributed by atoms with Gasteiger partial charge in [-0.05, 0) is 0 Å². The van der Waals surface area contributed by atoms with Crippen LogP contribution in [0.3, 0.4) is 0 Å². The molecule has 0 spiro atoms. The Bertz CT molecular complexity index is 505. The zero-order valence-electron chi connectivity index (χ0n) is 8.92. The summed E-state index contributed by atoms with van der Waals surface area (Å²) < 4.78 is 0. The number of hydrogen-bond acceptors (Lipinski definition) is 5. The van der Waals surface area contributed by atoms with Gasteiger partial charge in [0.25, 0.3) is 11.6 Å². The van der Waals surface area contributed by atoms with Gasteiger partial charge in [-0.15, -0.1) is 0 Å². The summed E-state index contributed by atoms with van der Waals surface area (Å²) in [5.74, 6) is -1.78. The van der Waals surface area contributed by atoms with Crippen molar-refractivity contribution in [3.63, 3.8) is 0 Å². The fourth-order valence-electron chi connectivity index (χ4n) is 1.07. The lowest BCUT2D eigenvalue weighted by Gasteiger charge is -2.04. The summed E-state index contributed by atoms with van der Waals surface area (Å²) in [6, 6.07) is 0.978. The Kier molecular flexibility index (Phi) is 4.55. The van der Waals surface area contributed by atoms with Gasteiger partial charge in [0.15, 0.2) is 0 Å². The molecule has 0 saturated heterocycles. The van der Waals surface area contributed by atoms with Gasteiger partial charge in [-0.3, -0.25) is 19.7 Å². The van der Waals surface area contributed by atoms with Crippen molar-refractivity contribution in [2.45, 2.75) is 6.42 Å². The van der Waals surface area contributed by atoms with Crippen LogP contribution in [0.15, 0.2) is 12.3 Å². The maximum Gasteiger partial charge on any atom is 0.305 e. The minimum absolute atomic E-state index is 0.104. The Morgan fingerprint density at radius 2 is 2.22 bits per heavy atom. The molecule has 0 aliphatic carbocycles. The fraction of sp³-hybridized carbons (Fsp3) is 0.222. The number of halogens is 1. The van der Waals surface area contributed by atoms with E-state index in [-0.39, 0.29) is 29.4 Å². The third kappa shape index (κ3) is 3.67.